The molecule has 0 saturated carbocycles. The summed E-state index contributed by atoms with van der Waals surface area (Å²) in [4.78, 5) is 0. The van der Waals surface area contributed by atoms with E-state index in [9.17, 15) is 8.42 Å². The van der Waals surface area contributed by atoms with Crippen molar-refractivity contribution >= 4 is 27.0 Å². The van der Waals surface area contributed by atoms with Crippen LogP contribution >= 0.6 is 0 Å². The molecule has 0 amide bonds. The zero-order chi connectivity index (χ0) is 11.6. The molecule has 0 aromatic heterocycles. The first kappa shape index (κ1) is 12.8. The van der Waals surface area contributed by atoms with Gasteiger partial charge in [0.25, 0.3) is 0 Å². The van der Waals surface area contributed by atoms with Crippen molar-refractivity contribution in [1.29, 1.82) is 0 Å². The second-order valence-electron chi connectivity index (χ2n) is 3.74. The molecule has 1 unspecified atom stereocenters. The maximum absolute atomic E-state index is 11.2. The third-order valence-electron chi connectivity index (χ3n) is 2.07. The van der Waals surface area contributed by atoms with Gasteiger partial charge in [0, 0.05) is 0 Å². The zero-order valence-electron chi connectivity index (χ0n) is 9.11. The van der Waals surface area contributed by atoms with Gasteiger partial charge < -0.3 is 0 Å². The SMILES string of the molecule is Cc1cc([C@@H](C)N)ccc1[AsH]S(C)(=O)=O. The van der Waals surface area contributed by atoms with E-state index in [1.807, 2.05) is 32.0 Å². The monoisotopic (exact) mass is 289 g/mol. The second kappa shape index (κ2) is 4.69. The Hall–Kier alpha value is -0.312. The first-order chi connectivity index (χ1) is 6.79. The summed E-state index contributed by atoms with van der Waals surface area (Å²) in [5.74, 6) is 0. The van der Waals surface area contributed by atoms with Crippen LogP contribution in [0, 0.1) is 6.92 Å². The molecule has 1 aromatic carbocycles. The molecule has 0 fully saturated rings. The van der Waals surface area contributed by atoms with Crippen molar-refractivity contribution in [1.82, 2.24) is 0 Å². The summed E-state index contributed by atoms with van der Waals surface area (Å²) in [5.41, 5.74) is 7.84. The summed E-state index contributed by atoms with van der Waals surface area (Å²) in [7, 11) is -2.84. The summed E-state index contributed by atoms with van der Waals surface area (Å²) in [6.45, 7) is 3.86. The molecule has 0 aliphatic rings. The number of hydrogen-bond acceptors (Lipinski definition) is 3. The minimum atomic E-state index is -2.84. The van der Waals surface area contributed by atoms with Crippen LogP contribution in [0.1, 0.15) is 24.1 Å². The van der Waals surface area contributed by atoms with E-state index in [0.717, 1.165) is 15.5 Å². The van der Waals surface area contributed by atoms with Crippen LogP contribution in [0.15, 0.2) is 18.2 Å². The average molecular weight is 289 g/mol. The summed E-state index contributed by atoms with van der Waals surface area (Å²) in [5, 5.41) is 0. The molecule has 5 heteroatoms. The third-order valence-corrected chi connectivity index (χ3v) is 7.56. The first-order valence-corrected chi connectivity index (χ1v) is 10.1. The number of aryl methyl sites for hydroxylation is 1. The Labute approximate surface area is 96.7 Å². The molecule has 0 aliphatic heterocycles. The molecule has 0 spiro atoms. The molecule has 0 heterocycles. The molecule has 0 bridgehead atoms. The second-order valence-corrected chi connectivity index (χ2v) is 12.6. The van der Waals surface area contributed by atoms with Crippen LogP contribution in [0.2, 0.25) is 0 Å². The van der Waals surface area contributed by atoms with Gasteiger partial charge >= 0.3 is 96.7 Å². The molecule has 0 radical (unpaired) electrons. The number of hydrogen-bond donors (Lipinski definition) is 1. The number of benzene rings is 1. The van der Waals surface area contributed by atoms with Gasteiger partial charge in [0.15, 0.2) is 0 Å². The molecule has 84 valence electrons. The van der Waals surface area contributed by atoms with Gasteiger partial charge in [-0.05, 0) is 0 Å². The maximum atomic E-state index is 11.2. The Morgan fingerprint density at radius 3 is 2.40 bits per heavy atom. The fourth-order valence-corrected chi connectivity index (χ4v) is 6.20. The van der Waals surface area contributed by atoms with E-state index in [1.165, 1.54) is 6.26 Å². The van der Waals surface area contributed by atoms with Crippen LogP contribution in [0.4, 0.5) is 0 Å². The molecule has 15 heavy (non-hydrogen) atoms. The van der Waals surface area contributed by atoms with Crippen molar-refractivity contribution in [2.45, 2.75) is 19.9 Å². The predicted molar refractivity (Wildman–Crippen MR) is 65.4 cm³/mol. The third kappa shape index (κ3) is 3.98. The number of nitrogens with two attached hydrogens (primary N) is 1. The molecule has 1 rings (SSSR count). The topological polar surface area (TPSA) is 60.2 Å². The van der Waals surface area contributed by atoms with Crippen molar-refractivity contribution in [2.75, 3.05) is 6.26 Å². The normalized spacial score (nSPS) is 14.7. The van der Waals surface area contributed by atoms with Crippen LogP contribution in [-0.2, 0) is 8.10 Å². The van der Waals surface area contributed by atoms with Crippen molar-refractivity contribution in [3.05, 3.63) is 29.3 Å². The molecule has 3 nitrogen and oxygen atoms in total. The Balaban J connectivity index is 3.04. The molecule has 0 saturated heterocycles. The van der Waals surface area contributed by atoms with E-state index in [-0.39, 0.29) is 6.04 Å². The van der Waals surface area contributed by atoms with E-state index >= 15 is 0 Å². The van der Waals surface area contributed by atoms with Crippen LogP contribution in [0.25, 0.3) is 0 Å². The quantitative estimate of drug-likeness (QED) is 0.799. The summed E-state index contributed by atoms with van der Waals surface area (Å²) in [6.07, 6.45) is 1.30. The summed E-state index contributed by atoms with van der Waals surface area (Å²) < 4.78 is 23.4. The van der Waals surface area contributed by atoms with Gasteiger partial charge in [-0.15, -0.1) is 0 Å². The summed E-state index contributed by atoms with van der Waals surface area (Å²) in [6, 6.07) is 5.79. The van der Waals surface area contributed by atoms with E-state index in [4.69, 9.17) is 5.73 Å². The van der Waals surface area contributed by atoms with E-state index in [0.29, 0.717) is 0 Å². The fraction of sp³-hybridized carbons (Fsp3) is 0.400. The summed E-state index contributed by atoms with van der Waals surface area (Å²) >= 11 is -1.08. The van der Waals surface area contributed by atoms with Crippen molar-refractivity contribution in [3.63, 3.8) is 0 Å². The van der Waals surface area contributed by atoms with Gasteiger partial charge in [0.05, 0.1) is 0 Å². The standard InChI is InChI=1S/C10H16AsNO2S/c1-7-6-9(8(2)12)4-5-10(7)11-15(3,13)14/h4-6,8,11H,12H2,1-3H3/t8-/m1/s1. The molecule has 0 aliphatic carbocycles. The van der Waals surface area contributed by atoms with Gasteiger partial charge in [-0.3, -0.25) is 0 Å². The average Bonchev–Trinajstić information content (AvgIpc) is 2.05. The molecular weight excluding hydrogens is 273 g/mol. The first-order valence-electron chi connectivity index (χ1n) is 4.63. The Kier molecular flexibility index (Phi) is 3.98. The van der Waals surface area contributed by atoms with Crippen LogP contribution in [0.3, 0.4) is 0 Å². The Morgan fingerprint density at radius 2 is 2.00 bits per heavy atom. The minimum absolute atomic E-state index is 0.00372. The van der Waals surface area contributed by atoms with Gasteiger partial charge in [0.1, 0.15) is 0 Å². The van der Waals surface area contributed by atoms with Crippen LogP contribution in [0.5, 0.6) is 0 Å². The van der Waals surface area contributed by atoms with Gasteiger partial charge in [-0.1, -0.05) is 0 Å². The van der Waals surface area contributed by atoms with Gasteiger partial charge in [-0.2, -0.15) is 0 Å². The van der Waals surface area contributed by atoms with E-state index in [2.05, 4.69) is 0 Å². The van der Waals surface area contributed by atoms with Gasteiger partial charge in [-0.25, -0.2) is 0 Å². The fourth-order valence-electron chi connectivity index (χ4n) is 1.28. The Bertz CT molecular complexity index is 454. The molecular formula is C10H16AsNO2S. The molecule has 2 atom stereocenters. The van der Waals surface area contributed by atoms with E-state index in [1.54, 1.807) is 0 Å². The van der Waals surface area contributed by atoms with Crippen molar-refractivity contribution in [2.24, 2.45) is 5.73 Å². The van der Waals surface area contributed by atoms with E-state index < -0.39 is 22.7 Å². The van der Waals surface area contributed by atoms with Crippen molar-refractivity contribution in [3.8, 4) is 0 Å². The zero-order valence-corrected chi connectivity index (χ0v) is 12.0. The van der Waals surface area contributed by atoms with Crippen LogP contribution in [-0.4, -0.2) is 29.3 Å². The molecule has 2 N–H and O–H groups in total. The Morgan fingerprint density at radius 1 is 1.40 bits per heavy atom. The molecule has 1 aromatic rings. The predicted octanol–water partition coefficient (Wildman–Crippen LogP) is 0.0361. The van der Waals surface area contributed by atoms with Crippen LogP contribution < -0.4 is 10.1 Å². The number of rotatable bonds is 3. The van der Waals surface area contributed by atoms with Crippen molar-refractivity contribution < 1.29 is 8.42 Å². The van der Waals surface area contributed by atoms with Gasteiger partial charge in [0.2, 0.25) is 0 Å².